The fourth-order valence-corrected chi connectivity index (χ4v) is 2.96. The summed E-state index contributed by atoms with van der Waals surface area (Å²) < 4.78 is 11.1. The van der Waals surface area contributed by atoms with E-state index >= 15 is 0 Å². The van der Waals surface area contributed by atoms with E-state index < -0.39 is 10.8 Å². The van der Waals surface area contributed by atoms with Gasteiger partial charge in [-0.3, -0.25) is 4.21 Å². The van der Waals surface area contributed by atoms with Gasteiger partial charge in [0.1, 0.15) is 0 Å². The van der Waals surface area contributed by atoms with Gasteiger partial charge in [-0.25, -0.2) is 4.79 Å². The Balaban J connectivity index is 2.53. The molecular weight excluding hydrogens is 308 g/mol. The van der Waals surface area contributed by atoms with Crippen molar-refractivity contribution in [3.63, 3.8) is 0 Å². The predicted octanol–water partition coefficient (Wildman–Crippen LogP) is 2.68. The Morgan fingerprint density at radius 1 is 1.43 bits per heavy atom. The number of hydrogen-bond donors (Lipinski definition) is 2. The normalized spacial score (nSPS) is 14.3. The first-order valence-corrected chi connectivity index (χ1v) is 8.91. The lowest BCUT2D eigenvalue weighted by atomic mass is 9.85. The summed E-state index contributed by atoms with van der Waals surface area (Å²) in [5.41, 5.74) is 0.844. The van der Waals surface area contributed by atoms with E-state index in [0.717, 1.165) is 5.56 Å². The van der Waals surface area contributed by atoms with E-state index in [1.165, 1.54) is 0 Å². The molecule has 0 radical (unpaired) electrons. The molecule has 0 spiro atoms. The molecule has 0 fully saturated rings. The van der Waals surface area contributed by atoms with E-state index in [-0.39, 0.29) is 17.5 Å². The van der Waals surface area contributed by atoms with Crippen molar-refractivity contribution in [3.8, 4) is 0 Å². The average molecular weight is 331 g/mol. The quantitative estimate of drug-likeness (QED) is 0.842. The van der Waals surface area contributed by atoms with Gasteiger partial charge < -0.3 is 10.6 Å². The Hall–Kier alpha value is -1.07. The molecule has 0 aliphatic rings. The third-order valence-corrected chi connectivity index (χ3v) is 4.36. The molecule has 2 amide bonds. The van der Waals surface area contributed by atoms with Crippen LogP contribution in [0.4, 0.5) is 4.79 Å². The third-order valence-electron chi connectivity index (χ3n) is 3.16. The molecule has 1 rings (SSSR count). The molecule has 6 heteroatoms. The van der Waals surface area contributed by atoms with Crippen LogP contribution in [0.1, 0.15) is 26.3 Å². The second-order valence-electron chi connectivity index (χ2n) is 5.86. The van der Waals surface area contributed by atoms with Crippen molar-refractivity contribution in [1.82, 2.24) is 10.6 Å². The Morgan fingerprint density at radius 2 is 2.10 bits per heavy atom. The lowest BCUT2D eigenvalue weighted by Crippen LogP contribution is -2.46. The van der Waals surface area contributed by atoms with Crippen molar-refractivity contribution < 1.29 is 9.00 Å². The van der Waals surface area contributed by atoms with Gasteiger partial charge in [0.2, 0.25) is 0 Å². The monoisotopic (exact) mass is 330 g/mol. The van der Waals surface area contributed by atoms with Gasteiger partial charge in [-0.05, 0) is 24.6 Å². The minimum absolute atomic E-state index is 0.120. The number of halogens is 1. The molecule has 0 aliphatic heterocycles. The Kier molecular flexibility index (Phi) is 6.68. The summed E-state index contributed by atoms with van der Waals surface area (Å²) in [5, 5.41) is 6.31. The molecule has 0 bridgehead atoms. The van der Waals surface area contributed by atoms with Crippen LogP contribution in [0, 0.1) is 0 Å². The number of carbonyl (C=O) groups is 1. The summed E-state index contributed by atoms with van der Waals surface area (Å²) in [5.74, 6) is 0.450. The van der Waals surface area contributed by atoms with Crippen LogP contribution in [-0.2, 0) is 16.2 Å². The smallest absolute Gasteiger partial charge is 0.315 e. The van der Waals surface area contributed by atoms with Crippen LogP contribution in [-0.4, -0.2) is 34.8 Å². The van der Waals surface area contributed by atoms with Gasteiger partial charge in [0.05, 0.1) is 0 Å². The van der Waals surface area contributed by atoms with Gasteiger partial charge in [0.25, 0.3) is 0 Å². The molecule has 21 heavy (non-hydrogen) atoms. The van der Waals surface area contributed by atoms with E-state index in [2.05, 4.69) is 10.6 Å². The maximum atomic E-state index is 11.8. The van der Waals surface area contributed by atoms with Crippen LogP contribution in [0.3, 0.4) is 0 Å². The lowest BCUT2D eigenvalue weighted by molar-refractivity contribution is 0.236. The number of rotatable bonds is 6. The summed E-state index contributed by atoms with van der Waals surface area (Å²) in [4.78, 5) is 11.8. The number of amides is 2. The number of nitrogens with one attached hydrogen (secondary N) is 2. The third kappa shape index (κ3) is 6.48. The number of carbonyl (C=O) groups excluding carboxylic acids is 1. The Bertz CT molecular complexity index is 520. The highest BCUT2D eigenvalue weighted by molar-refractivity contribution is 7.84. The fourth-order valence-electron chi connectivity index (χ4n) is 1.98. The second kappa shape index (κ2) is 7.80. The SMILES string of the molecule is C[C@H](C[S@@](C)=O)NC(=O)NCC(C)(C)c1cccc(Cl)c1. The second-order valence-corrected chi connectivity index (χ2v) is 7.78. The molecule has 1 aromatic carbocycles. The van der Waals surface area contributed by atoms with Crippen molar-refractivity contribution in [3.05, 3.63) is 34.9 Å². The zero-order valence-corrected chi connectivity index (χ0v) is 14.5. The zero-order chi connectivity index (χ0) is 16.0. The number of urea groups is 1. The van der Waals surface area contributed by atoms with Crippen molar-refractivity contribution in [2.75, 3.05) is 18.6 Å². The highest BCUT2D eigenvalue weighted by Crippen LogP contribution is 2.24. The number of benzene rings is 1. The van der Waals surface area contributed by atoms with Gasteiger partial charge in [0.15, 0.2) is 0 Å². The topological polar surface area (TPSA) is 58.2 Å². The molecule has 1 aromatic rings. The fraction of sp³-hybridized carbons (Fsp3) is 0.533. The number of hydrogen-bond acceptors (Lipinski definition) is 2. The van der Waals surface area contributed by atoms with Crippen molar-refractivity contribution in [1.29, 1.82) is 0 Å². The molecule has 118 valence electrons. The van der Waals surface area contributed by atoms with Crippen LogP contribution in [0.25, 0.3) is 0 Å². The van der Waals surface area contributed by atoms with E-state index in [9.17, 15) is 9.00 Å². The van der Waals surface area contributed by atoms with Crippen molar-refractivity contribution in [2.24, 2.45) is 0 Å². The zero-order valence-electron chi connectivity index (χ0n) is 12.9. The summed E-state index contributed by atoms with van der Waals surface area (Å²) in [6, 6.07) is 7.26. The standard InChI is InChI=1S/C15H23ClN2O2S/c1-11(9-21(4)20)18-14(19)17-10-15(2,3)12-6-5-7-13(16)8-12/h5-8,11H,9-10H2,1-4H3,(H2,17,18,19)/t11-,21-/m1/s1. The van der Waals surface area contributed by atoms with Crippen LogP contribution in [0.15, 0.2) is 24.3 Å². The van der Waals surface area contributed by atoms with Crippen LogP contribution < -0.4 is 10.6 Å². The highest BCUT2D eigenvalue weighted by atomic mass is 35.5. The molecule has 0 heterocycles. The molecule has 0 aliphatic carbocycles. The molecular formula is C15H23ClN2O2S. The predicted molar refractivity (Wildman–Crippen MR) is 89.4 cm³/mol. The van der Waals surface area contributed by atoms with Crippen molar-refractivity contribution in [2.45, 2.75) is 32.2 Å². The minimum Gasteiger partial charge on any atom is -0.337 e. The van der Waals surface area contributed by atoms with Crippen LogP contribution >= 0.6 is 11.6 Å². The molecule has 0 saturated carbocycles. The van der Waals surface area contributed by atoms with Gasteiger partial charge in [0, 0.05) is 45.8 Å². The molecule has 0 aromatic heterocycles. The first-order chi connectivity index (χ1) is 9.70. The Labute approximate surface area is 134 Å². The van der Waals surface area contributed by atoms with Crippen LogP contribution in [0.5, 0.6) is 0 Å². The van der Waals surface area contributed by atoms with Gasteiger partial charge in [-0.15, -0.1) is 0 Å². The molecule has 0 saturated heterocycles. The summed E-state index contributed by atoms with van der Waals surface area (Å²) >= 11 is 6.00. The summed E-state index contributed by atoms with van der Waals surface area (Å²) in [6.45, 7) is 6.41. The molecule has 4 nitrogen and oxygen atoms in total. The van der Waals surface area contributed by atoms with Gasteiger partial charge >= 0.3 is 6.03 Å². The Morgan fingerprint density at radius 3 is 2.67 bits per heavy atom. The largest absolute Gasteiger partial charge is 0.337 e. The average Bonchev–Trinajstić information content (AvgIpc) is 2.35. The minimum atomic E-state index is -0.923. The van der Waals surface area contributed by atoms with E-state index in [1.807, 2.05) is 45.0 Å². The van der Waals surface area contributed by atoms with Crippen molar-refractivity contribution >= 4 is 28.4 Å². The first-order valence-electron chi connectivity index (χ1n) is 6.81. The highest BCUT2D eigenvalue weighted by Gasteiger charge is 2.22. The van der Waals surface area contributed by atoms with Gasteiger partial charge in [-0.1, -0.05) is 37.6 Å². The van der Waals surface area contributed by atoms with E-state index in [4.69, 9.17) is 11.6 Å². The van der Waals surface area contributed by atoms with Gasteiger partial charge in [-0.2, -0.15) is 0 Å². The van der Waals surface area contributed by atoms with E-state index in [1.54, 1.807) is 6.26 Å². The lowest BCUT2D eigenvalue weighted by Gasteiger charge is -2.26. The van der Waals surface area contributed by atoms with Crippen LogP contribution in [0.2, 0.25) is 5.02 Å². The molecule has 2 N–H and O–H groups in total. The first kappa shape index (κ1) is 18.0. The maximum Gasteiger partial charge on any atom is 0.315 e. The molecule has 2 atom stereocenters. The van der Waals surface area contributed by atoms with E-state index in [0.29, 0.717) is 17.3 Å². The molecule has 0 unspecified atom stereocenters. The maximum absolute atomic E-state index is 11.8. The summed E-state index contributed by atoms with van der Waals surface area (Å²) in [7, 11) is -0.923. The summed E-state index contributed by atoms with van der Waals surface area (Å²) in [6.07, 6.45) is 1.62.